The number of pyridine rings is 1. The second kappa shape index (κ2) is 13.9. The van der Waals surface area contributed by atoms with Crippen LogP contribution in [0, 0.1) is 6.07 Å². The molecule has 6 heteroatoms. The average Bonchev–Trinajstić information content (AvgIpc) is 2.89. The van der Waals surface area contributed by atoms with Gasteiger partial charge in [-0.1, -0.05) is 36.4 Å². The summed E-state index contributed by atoms with van der Waals surface area (Å²) in [5, 5.41) is 8.36. The van der Waals surface area contributed by atoms with Gasteiger partial charge < -0.3 is 14.8 Å². The molecule has 0 fully saturated rings. The summed E-state index contributed by atoms with van der Waals surface area (Å²) in [4.78, 5) is 27.2. The Labute approximate surface area is 225 Å². The largest absolute Gasteiger partial charge is 0.512 e. The maximum Gasteiger partial charge on any atom is 0.193 e. The van der Waals surface area contributed by atoms with Crippen LogP contribution in [0.25, 0.3) is 22.4 Å². The second-order valence-corrected chi connectivity index (χ2v) is 7.74. The molecule has 4 rings (SSSR count). The number of ketones is 2. The van der Waals surface area contributed by atoms with Gasteiger partial charge in [0.25, 0.3) is 0 Å². The van der Waals surface area contributed by atoms with Crippen molar-refractivity contribution >= 4 is 11.6 Å². The van der Waals surface area contributed by atoms with Crippen LogP contribution in [-0.4, -0.2) is 28.8 Å². The molecule has 36 heavy (non-hydrogen) atoms. The summed E-state index contributed by atoms with van der Waals surface area (Å²) in [6.45, 7) is 2.85. The monoisotopic (exact) mass is 659 g/mol. The molecule has 4 aromatic rings. The van der Waals surface area contributed by atoms with Crippen LogP contribution in [0.3, 0.4) is 0 Å². The molecule has 0 aliphatic rings. The van der Waals surface area contributed by atoms with E-state index in [2.05, 4.69) is 11.1 Å². The standard InChI is InChI=1S/C25H18NO2.C5H8O2.Pt/c1-28-23-14-11-21(12-15-23)25(27)20-9-7-18(8-10-20)22-13-16-24(26-17-22)19-5-3-2-4-6-19;1-4(6)3-5(2)7;/h2-5,7-17H,1H3;3,6H,1-2H3;/q-1;;/b;4-3-;. The second-order valence-electron chi connectivity index (χ2n) is 7.74. The predicted molar refractivity (Wildman–Crippen MR) is 137 cm³/mol. The summed E-state index contributed by atoms with van der Waals surface area (Å²) in [6, 6.07) is 29.7. The van der Waals surface area contributed by atoms with Crippen LogP contribution < -0.4 is 4.74 Å². The van der Waals surface area contributed by atoms with E-state index in [1.165, 1.54) is 19.9 Å². The van der Waals surface area contributed by atoms with Gasteiger partial charge in [0.05, 0.1) is 12.9 Å². The molecule has 1 aromatic heterocycles. The van der Waals surface area contributed by atoms with Gasteiger partial charge >= 0.3 is 0 Å². The molecule has 0 saturated carbocycles. The number of carbonyl (C=O) groups excluding carboxylic acids is 2. The first-order valence-corrected chi connectivity index (χ1v) is 11.0. The number of allylic oxidation sites excluding steroid dienone is 2. The molecule has 0 saturated heterocycles. The molecule has 186 valence electrons. The van der Waals surface area contributed by atoms with Crippen LogP contribution in [0.1, 0.15) is 29.8 Å². The van der Waals surface area contributed by atoms with Crippen LogP contribution >= 0.6 is 0 Å². The van der Waals surface area contributed by atoms with Gasteiger partial charge in [0.1, 0.15) is 5.75 Å². The van der Waals surface area contributed by atoms with E-state index in [1.807, 2.05) is 66.9 Å². The molecular weight excluding hydrogens is 633 g/mol. The van der Waals surface area contributed by atoms with Crippen LogP contribution in [0.5, 0.6) is 5.75 Å². The minimum atomic E-state index is -0.125. The fourth-order valence-electron chi connectivity index (χ4n) is 3.29. The van der Waals surface area contributed by atoms with Gasteiger partial charge in [0.2, 0.25) is 0 Å². The molecule has 5 nitrogen and oxygen atoms in total. The van der Waals surface area contributed by atoms with Crippen molar-refractivity contribution in [3.63, 3.8) is 0 Å². The zero-order valence-corrected chi connectivity index (χ0v) is 22.4. The van der Waals surface area contributed by atoms with Crippen molar-refractivity contribution in [2.24, 2.45) is 0 Å². The number of benzene rings is 3. The van der Waals surface area contributed by atoms with E-state index in [1.54, 1.807) is 31.4 Å². The zero-order valence-electron chi connectivity index (χ0n) is 20.2. The van der Waals surface area contributed by atoms with Crippen LogP contribution in [0.2, 0.25) is 0 Å². The molecule has 0 aliphatic heterocycles. The summed E-state index contributed by atoms with van der Waals surface area (Å²) in [6.07, 6.45) is 3.01. The third-order valence-electron chi connectivity index (χ3n) is 4.99. The minimum Gasteiger partial charge on any atom is -0.512 e. The van der Waals surface area contributed by atoms with E-state index >= 15 is 0 Å². The van der Waals surface area contributed by atoms with Gasteiger partial charge in [-0.15, -0.1) is 35.9 Å². The van der Waals surface area contributed by atoms with Crippen LogP contribution in [-0.2, 0) is 25.9 Å². The van der Waals surface area contributed by atoms with Crippen LogP contribution in [0.15, 0.2) is 103 Å². The molecule has 1 N–H and O–H groups in total. The Morgan fingerprint density at radius 2 is 1.47 bits per heavy atom. The van der Waals surface area contributed by atoms with Crippen molar-refractivity contribution in [2.45, 2.75) is 13.8 Å². The molecule has 0 amide bonds. The average molecular weight is 660 g/mol. The number of aromatic nitrogens is 1. The normalized spacial score (nSPS) is 10.4. The van der Waals surface area contributed by atoms with Crippen LogP contribution in [0.4, 0.5) is 0 Å². The van der Waals surface area contributed by atoms with Gasteiger partial charge in [-0.2, -0.15) is 0 Å². The van der Waals surface area contributed by atoms with Gasteiger partial charge in [-0.05, 0) is 54.9 Å². The molecular formula is C30H26NO4Pt-. The van der Waals surface area contributed by atoms with E-state index < -0.39 is 0 Å². The van der Waals surface area contributed by atoms with Crippen molar-refractivity contribution in [2.75, 3.05) is 7.11 Å². The Balaban J connectivity index is 0.000000503. The Hall–Kier alpha value is -3.82. The van der Waals surface area contributed by atoms with E-state index in [-0.39, 0.29) is 38.4 Å². The third-order valence-corrected chi connectivity index (χ3v) is 4.99. The summed E-state index contributed by atoms with van der Waals surface area (Å²) < 4.78 is 5.14. The predicted octanol–water partition coefficient (Wildman–Crippen LogP) is 6.49. The summed E-state index contributed by atoms with van der Waals surface area (Å²) >= 11 is 0. The maximum atomic E-state index is 12.6. The first kappa shape index (κ1) is 28.4. The molecule has 0 spiro atoms. The smallest absolute Gasteiger partial charge is 0.193 e. The topological polar surface area (TPSA) is 76.5 Å². The SMILES string of the molecule is CC(=O)/C=C(/C)O.COc1ccc(C(=O)c2ccc(-c3ccc(-c4[c-]cccc4)nc3)cc2)cc1.[Pt]. The third kappa shape index (κ3) is 8.14. The number of aliphatic hydroxyl groups is 1. The number of rotatable bonds is 6. The maximum absolute atomic E-state index is 12.6. The number of aliphatic hydroxyl groups excluding tert-OH is 1. The van der Waals surface area contributed by atoms with Gasteiger partial charge in [-0.25, -0.2) is 0 Å². The molecule has 0 atom stereocenters. The number of methoxy groups -OCH3 is 1. The van der Waals surface area contributed by atoms with Gasteiger partial charge in [0, 0.05) is 44.5 Å². The number of nitrogens with zero attached hydrogens (tertiary/aromatic N) is 1. The van der Waals surface area contributed by atoms with E-state index in [4.69, 9.17) is 9.84 Å². The molecule has 0 unspecified atom stereocenters. The van der Waals surface area contributed by atoms with E-state index in [0.29, 0.717) is 11.1 Å². The number of ether oxygens (including phenoxy) is 1. The number of hydrogen-bond donors (Lipinski definition) is 1. The molecule has 0 bridgehead atoms. The summed E-state index contributed by atoms with van der Waals surface area (Å²) in [5.74, 6) is 0.658. The van der Waals surface area contributed by atoms with Gasteiger partial charge in [0.15, 0.2) is 11.6 Å². The van der Waals surface area contributed by atoms with Crippen molar-refractivity contribution in [3.8, 4) is 28.1 Å². The van der Waals surface area contributed by atoms with Crippen molar-refractivity contribution in [3.05, 3.63) is 120 Å². The molecule has 0 aliphatic carbocycles. The molecule has 0 radical (unpaired) electrons. The summed E-state index contributed by atoms with van der Waals surface area (Å²) in [7, 11) is 1.61. The van der Waals surface area contributed by atoms with Crippen molar-refractivity contribution < 1.29 is 40.5 Å². The first-order chi connectivity index (χ1) is 16.9. The molecule has 1 heterocycles. The number of carbonyl (C=O) groups is 2. The zero-order chi connectivity index (χ0) is 25.2. The first-order valence-electron chi connectivity index (χ1n) is 11.0. The Bertz CT molecular complexity index is 1290. The fraction of sp³-hybridized carbons (Fsp3) is 0.100. The number of hydrogen-bond acceptors (Lipinski definition) is 5. The van der Waals surface area contributed by atoms with Crippen molar-refractivity contribution in [1.82, 2.24) is 4.98 Å². The summed E-state index contributed by atoms with van der Waals surface area (Å²) in [5.41, 5.74) is 5.16. The van der Waals surface area contributed by atoms with Gasteiger partial charge in [-0.3, -0.25) is 9.59 Å². The Morgan fingerprint density at radius 3 is 1.92 bits per heavy atom. The minimum absolute atomic E-state index is 0. The van der Waals surface area contributed by atoms with Crippen molar-refractivity contribution in [1.29, 1.82) is 0 Å². The van der Waals surface area contributed by atoms with E-state index in [9.17, 15) is 9.59 Å². The molecule has 3 aromatic carbocycles. The quantitative estimate of drug-likeness (QED) is 0.111. The Morgan fingerprint density at radius 1 is 0.861 bits per heavy atom. The van der Waals surface area contributed by atoms with E-state index in [0.717, 1.165) is 28.1 Å². The Kier molecular flexibility index (Phi) is 11.0. The fourth-order valence-corrected chi connectivity index (χ4v) is 3.29.